The summed E-state index contributed by atoms with van der Waals surface area (Å²) in [6.07, 6.45) is 7.18. The number of anilines is 1. The highest BCUT2D eigenvalue weighted by atomic mass is 16.2. The van der Waals surface area contributed by atoms with Crippen LogP contribution in [0.4, 0.5) is 5.69 Å². The normalized spacial score (nSPS) is 24.4. The number of hydrogen-bond acceptors (Lipinski definition) is 6. The molecule has 3 fully saturated rings. The van der Waals surface area contributed by atoms with Crippen LogP contribution < -0.4 is 10.2 Å². The van der Waals surface area contributed by atoms with E-state index in [1.807, 2.05) is 43.3 Å². The average molecular weight is 536 g/mol. The summed E-state index contributed by atoms with van der Waals surface area (Å²) in [5, 5.41) is 2.98. The second kappa shape index (κ2) is 11.9. The van der Waals surface area contributed by atoms with Gasteiger partial charge in [-0.2, -0.15) is 0 Å². The number of amides is 3. The molecule has 4 aliphatic rings. The zero-order valence-corrected chi connectivity index (χ0v) is 23.2. The quantitative estimate of drug-likeness (QED) is 0.512. The molecule has 39 heavy (non-hydrogen) atoms. The van der Waals surface area contributed by atoms with E-state index >= 15 is 0 Å². The number of nitrogens with zero attached hydrogens (tertiary/aromatic N) is 4. The standard InChI is InChI=1S/C30H41N5O4/c1-21(11-13-31-29(38)22-7-9-24(10-8-22)33-17-15-32(2)16-18-33)19-27(37)34-14-12-25-28(34)26(36)20-35(25)30(39)23-5-3-4-6-23/h3-4,7-10,21,23,25,28H,5-6,11-20H2,1-2H3,(H,31,38). The highest BCUT2D eigenvalue weighted by Gasteiger charge is 2.51. The minimum atomic E-state index is -0.503. The van der Waals surface area contributed by atoms with Gasteiger partial charge in [-0.1, -0.05) is 19.1 Å². The van der Waals surface area contributed by atoms with Crippen molar-refractivity contribution >= 4 is 29.2 Å². The van der Waals surface area contributed by atoms with Gasteiger partial charge in [-0.25, -0.2) is 0 Å². The molecule has 3 aliphatic heterocycles. The van der Waals surface area contributed by atoms with Crippen LogP contribution in [0.3, 0.4) is 0 Å². The molecule has 3 unspecified atom stereocenters. The first kappa shape index (κ1) is 27.4. The summed E-state index contributed by atoms with van der Waals surface area (Å²) in [6, 6.07) is 7.07. The van der Waals surface area contributed by atoms with Gasteiger partial charge in [0, 0.05) is 62.9 Å². The lowest BCUT2D eigenvalue weighted by Gasteiger charge is -2.34. The number of piperazine rings is 1. The lowest BCUT2D eigenvalue weighted by atomic mass is 10.0. The number of fused-ring (bicyclic) bond motifs is 1. The lowest BCUT2D eigenvalue weighted by molar-refractivity contribution is -0.137. The first-order valence-corrected chi connectivity index (χ1v) is 14.4. The second-order valence-electron chi connectivity index (χ2n) is 11.7. The molecule has 3 saturated heterocycles. The summed E-state index contributed by atoms with van der Waals surface area (Å²) in [7, 11) is 2.13. The Morgan fingerprint density at radius 1 is 0.974 bits per heavy atom. The maximum atomic E-state index is 13.1. The molecule has 9 nitrogen and oxygen atoms in total. The minimum Gasteiger partial charge on any atom is -0.369 e. The maximum Gasteiger partial charge on any atom is 0.251 e. The van der Waals surface area contributed by atoms with Crippen molar-refractivity contribution in [2.75, 3.05) is 57.8 Å². The summed E-state index contributed by atoms with van der Waals surface area (Å²) >= 11 is 0. The van der Waals surface area contributed by atoms with E-state index in [0.29, 0.717) is 37.9 Å². The van der Waals surface area contributed by atoms with Crippen molar-refractivity contribution < 1.29 is 19.2 Å². The monoisotopic (exact) mass is 535 g/mol. The largest absolute Gasteiger partial charge is 0.369 e. The van der Waals surface area contributed by atoms with E-state index in [1.54, 1.807) is 9.80 Å². The van der Waals surface area contributed by atoms with E-state index in [9.17, 15) is 19.2 Å². The zero-order chi connectivity index (χ0) is 27.5. The fourth-order valence-electron chi connectivity index (χ4n) is 6.38. The Labute approximate surface area is 231 Å². The number of Topliss-reactive ketones (excluding diaryl/α,β-unsaturated/α-hetero) is 1. The zero-order valence-electron chi connectivity index (χ0n) is 23.2. The van der Waals surface area contributed by atoms with E-state index in [0.717, 1.165) is 44.7 Å². The van der Waals surface area contributed by atoms with Gasteiger partial charge in [0.1, 0.15) is 6.04 Å². The number of benzene rings is 1. The first-order chi connectivity index (χ1) is 18.8. The molecule has 3 heterocycles. The summed E-state index contributed by atoms with van der Waals surface area (Å²) in [5.41, 5.74) is 1.77. The average Bonchev–Trinajstić information content (AvgIpc) is 3.68. The van der Waals surface area contributed by atoms with Crippen molar-refractivity contribution in [1.82, 2.24) is 20.0 Å². The van der Waals surface area contributed by atoms with Crippen LogP contribution in [0.15, 0.2) is 36.4 Å². The number of likely N-dealkylation sites (tertiary alicyclic amines) is 2. The number of rotatable bonds is 8. The smallest absolute Gasteiger partial charge is 0.251 e. The van der Waals surface area contributed by atoms with Crippen molar-refractivity contribution in [3.8, 4) is 0 Å². The maximum absolute atomic E-state index is 13.1. The number of allylic oxidation sites excluding steroid dienone is 2. The number of hydrogen-bond donors (Lipinski definition) is 1. The molecule has 1 aromatic carbocycles. The molecule has 1 aromatic rings. The lowest BCUT2D eigenvalue weighted by Crippen LogP contribution is -2.44. The van der Waals surface area contributed by atoms with Gasteiger partial charge >= 0.3 is 0 Å². The van der Waals surface area contributed by atoms with Crippen LogP contribution in [-0.2, 0) is 14.4 Å². The van der Waals surface area contributed by atoms with E-state index < -0.39 is 6.04 Å². The highest BCUT2D eigenvalue weighted by molar-refractivity contribution is 5.98. The van der Waals surface area contributed by atoms with Crippen LogP contribution in [-0.4, -0.2) is 103 Å². The predicted octanol–water partition coefficient (Wildman–Crippen LogP) is 1.93. The van der Waals surface area contributed by atoms with Crippen molar-refractivity contribution in [1.29, 1.82) is 0 Å². The van der Waals surface area contributed by atoms with Gasteiger partial charge in [-0.15, -0.1) is 0 Å². The Balaban J connectivity index is 1.05. The van der Waals surface area contributed by atoms with Crippen LogP contribution in [0, 0.1) is 11.8 Å². The molecule has 0 bridgehead atoms. The number of ketones is 1. The summed E-state index contributed by atoms with van der Waals surface area (Å²) in [5.74, 6) is -0.121. The number of carbonyl (C=O) groups excluding carboxylic acids is 4. The molecule has 0 aromatic heterocycles. The number of nitrogens with one attached hydrogen (secondary N) is 1. The van der Waals surface area contributed by atoms with Crippen molar-refractivity contribution in [3.63, 3.8) is 0 Å². The molecular weight excluding hydrogens is 494 g/mol. The predicted molar refractivity (Wildman–Crippen MR) is 149 cm³/mol. The number of likely N-dealkylation sites (N-methyl/N-ethyl adjacent to an activating group) is 1. The summed E-state index contributed by atoms with van der Waals surface area (Å²) in [6.45, 7) is 7.16. The van der Waals surface area contributed by atoms with E-state index in [-0.39, 0.29) is 47.9 Å². The van der Waals surface area contributed by atoms with Gasteiger partial charge in [0.15, 0.2) is 5.78 Å². The van der Waals surface area contributed by atoms with Crippen molar-refractivity contribution in [2.24, 2.45) is 11.8 Å². The molecule has 5 rings (SSSR count). The van der Waals surface area contributed by atoms with Crippen LogP contribution in [0.2, 0.25) is 0 Å². The molecule has 0 radical (unpaired) electrons. The minimum absolute atomic E-state index is 0.0243. The third-order valence-corrected chi connectivity index (χ3v) is 8.83. The fourth-order valence-corrected chi connectivity index (χ4v) is 6.38. The van der Waals surface area contributed by atoms with Gasteiger partial charge in [-0.05, 0) is 62.9 Å². The Bertz CT molecular complexity index is 1100. The molecule has 1 aliphatic carbocycles. The Morgan fingerprint density at radius 2 is 1.67 bits per heavy atom. The first-order valence-electron chi connectivity index (χ1n) is 14.4. The molecular formula is C30H41N5O4. The van der Waals surface area contributed by atoms with Gasteiger partial charge < -0.3 is 24.9 Å². The molecule has 0 saturated carbocycles. The van der Waals surface area contributed by atoms with Crippen LogP contribution in [0.5, 0.6) is 0 Å². The topological polar surface area (TPSA) is 93.3 Å². The molecule has 3 atom stereocenters. The van der Waals surface area contributed by atoms with Crippen LogP contribution >= 0.6 is 0 Å². The number of carbonyl (C=O) groups is 4. The second-order valence-corrected chi connectivity index (χ2v) is 11.7. The van der Waals surface area contributed by atoms with E-state index in [2.05, 4.69) is 22.2 Å². The molecule has 1 N–H and O–H groups in total. The Kier molecular flexibility index (Phi) is 8.35. The molecule has 9 heteroatoms. The van der Waals surface area contributed by atoms with E-state index in [1.165, 1.54) is 0 Å². The fraction of sp³-hybridized carbons (Fsp3) is 0.600. The van der Waals surface area contributed by atoms with Crippen molar-refractivity contribution in [2.45, 2.75) is 51.1 Å². The van der Waals surface area contributed by atoms with Gasteiger partial charge in [-0.3, -0.25) is 19.2 Å². The van der Waals surface area contributed by atoms with Crippen molar-refractivity contribution in [3.05, 3.63) is 42.0 Å². The SMILES string of the molecule is CC(CCNC(=O)c1ccc(N2CCN(C)CC2)cc1)CC(=O)N1CCC2C1C(=O)CN2C(=O)C1CC=CC1. The third-order valence-electron chi connectivity index (χ3n) is 8.83. The van der Waals surface area contributed by atoms with E-state index in [4.69, 9.17) is 0 Å². The Morgan fingerprint density at radius 3 is 2.36 bits per heavy atom. The van der Waals surface area contributed by atoms with Gasteiger partial charge in [0.05, 0.1) is 12.6 Å². The third kappa shape index (κ3) is 6.03. The molecule has 0 spiro atoms. The van der Waals surface area contributed by atoms with Crippen LogP contribution in [0.25, 0.3) is 0 Å². The molecule has 210 valence electrons. The van der Waals surface area contributed by atoms with Gasteiger partial charge in [0.25, 0.3) is 5.91 Å². The Hall–Kier alpha value is -3.20. The van der Waals surface area contributed by atoms with Gasteiger partial charge in [0.2, 0.25) is 11.8 Å². The highest BCUT2D eigenvalue weighted by Crippen LogP contribution is 2.33. The molecule has 3 amide bonds. The summed E-state index contributed by atoms with van der Waals surface area (Å²) < 4.78 is 0. The summed E-state index contributed by atoms with van der Waals surface area (Å²) in [4.78, 5) is 59.7. The van der Waals surface area contributed by atoms with Crippen LogP contribution in [0.1, 0.15) is 49.4 Å².